The number of likely N-dealkylation sites (tertiary alicyclic amines) is 1. The number of hydrogen-bond acceptors (Lipinski definition) is 4. The number of phenols is 1. The SMILES string of the molecule is COc1cc(CC(C)(CN)N2CCC(C)CC2)ccc1O. The maximum Gasteiger partial charge on any atom is 0.160 e. The van der Waals surface area contributed by atoms with Gasteiger partial charge in [-0.3, -0.25) is 4.90 Å². The molecule has 2 rings (SSSR count). The van der Waals surface area contributed by atoms with Gasteiger partial charge in [-0.05, 0) is 62.9 Å². The normalized spacial score (nSPS) is 20.2. The van der Waals surface area contributed by atoms with E-state index in [0.717, 1.165) is 31.0 Å². The minimum absolute atomic E-state index is 0.0396. The Bertz CT molecular complexity index is 470. The van der Waals surface area contributed by atoms with Gasteiger partial charge in [-0.1, -0.05) is 13.0 Å². The molecule has 1 heterocycles. The van der Waals surface area contributed by atoms with Gasteiger partial charge < -0.3 is 15.6 Å². The van der Waals surface area contributed by atoms with Crippen LogP contribution in [-0.2, 0) is 6.42 Å². The van der Waals surface area contributed by atoms with Gasteiger partial charge in [-0.25, -0.2) is 0 Å². The summed E-state index contributed by atoms with van der Waals surface area (Å²) in [6.45, 7) is 7.42. The molecule has 0 amide bonds. The van der Waals surface area contributed by atoms with E-state index in [9.17, 15) is 5.11 Å². The molecule has 1 aromatic carbocycles. The molecular weight excluding hydrogens is 264 g/mol. The lowest BCUT2D eigenvalue weighted by Crippen LogP contribution is -2.55. The molecule has 1 saturated heterocycles. The number of piperidine rings is 1. The lowest BCUT2D eigenvalue weighted by molar-refractivity contribution is 0.0708. The molecule has 118 valence electrons. The van der Waals surface area contributed by atoms with Crippen LogP contribution < -0.4 is 10.5 Å². The number of nitrogens with two attached hydrogens (primary N) is 1. The van der Waals surface area contributed by atoms with Crippen LogP contribution in [-0.4, -0.2) is 42.3 Å². The Kier molecular flexibility index (Phi) is 5.12. The molecular formula is C17H28N2O2. The number of rotatable bonds is 5. The van der Waals surface area contributed by atoms with Crippen LogP contribution in [0, 0.1) is 5.92 Å². The van der Waals surface area contributed by atoms with E-state index in [1.807, 2.05) is 12.1 Å². The Morgan fingerprint density at radius 1 is 1.38 bits per heavy atom. The fraction of sp³-hybridized carbons (Fsp3) is 0.647. The van der Waals surface area contributed by atoms with Crippen molar-refractivity contribution in [2.24, 2.45) is 11.7 Å². The highest BCUT2D eigenvalue weighted by atomic mass is 16.5. The fourth-order valence-corrected chi connectivity index (χ4v) is 3.13. The van der Waals surface area contributed by atoms with Gasteiger partial charge in [0, 0.05) is 12.1 Å². The monoisotopic (exact) mass is 292 g/mol. The average molecular weight is 292 g/mol. The van der Waals surface area contributed by atoms with Crippen LogP contribution in [0.2, 0.25) is 0 Å². The first-order chi connectivity index (χ1) is 9.98. The topological polar surface area (TPSA) is 58.7 Å². The average Bonchev–Trinajstić information content (AvgIpc) is 2.49. The summed E-state index contributed by atoms with van der Waals surface area (Å²) in [5, 5.41) is 9.71. The van der Waals surface area contributed by atoms with Crippen molar-refractivity contribution in [3.63, 3.8) is 0 Å². The molecule has 0 aliphatic carbocycles. The highest BCUT2D eigenvalue weighted by molar-refractivity contribution is 5.42. The van der Waals surface area contributed by atoms with E-state index in [0.29, 0.717) is 12.3 Å². The quantitative estimate of drug-likeness (QED) is 0.875. The van der Waals surface area contributed by atoms with E-state index < -0.39 is 0 Å². The van der Waals surface area contributed by atoms with Crippen molar-refractivity contribution in [1.82, 2.24) is 4.90 Å². The summed E-state index contributed by atoms with van der Waals surface area (Å²) in [7, 11) is 1.58. The van der Waals surface area contributed by atoms with Crippen molar-refractivity contribution in [1.29, 1.82) is 0 Å². The molecule has 0 bridgehead atoms. The highest BCUT2D eigenvalue weighted by Crippen LogP contribution is 2.30. The van der Waals surface area contributed by atoms with Crippen LogP contribution in [0.4, 0.5) is 0 Å². The van der Waals surface area contributed by atoms with E-state index in [4.69, 9.17) is 10.5 Å². The number of hydrogen-bond donors (Lipinski definition) is 2. The lowest BCUT2D eigenvalue weighted by Gasteiger charge is -2.44. The number of benzene rings is 1. The van der Waals surface area contributed by atoms with E-state index >= 15 is 0 Å². The minimum Gasteiger partial charge on any atom is -0.504 e. The molecule has 0 spiro atoms. The Morgan fingerprint density at radius 2 is 2.05 bits per heavy atom. The molecule has 1 aliphatic heterocycles. The molecule has 1 aliphatic rings. The van der Waals surface area contributed by atoms with Crippen LogP contribution in [0.3, 0.4) is 0 Å². The Morgan fingerprint density at radius 3 is 2.62 bits per heavy atom. The zero-order valence-corrected chi connectivity index (χ0v) is 13.4. The summed E-state index contributed by atoms with van der Waals surface area (Å²) < 4.78 is 5.20. The third kappa shape index (κ3) is 3.69. The van der Waals surface area contributed by atoms with E-state index in [1.54, 1.807) is 13.2 Å². The molecule has 0 saturated carbocycles. The minimum atomic E-state index is -0.0396. The van der Waals surface area contributed by atoms with Crippen LogP contribution >= 0.6 is 0 Å². The molecule has 0 radical (unpaired) electrons. The number of phenolic OH excluding ortho intramolecular Hbond substituents is 1. The van der Waals surface area contributed by atoms with E-state index in [1.165, 1.54) is 12.8 Å². The zero-order valence-electron chi connectivity index (χ0n) is 13.4. The number of nitrogens with zero attached hydrogens (tertiary/aromatic N) is 1. The number of ether oxygens (including phenoxy) is 1. The van der Waals surface area contributed by atoms with Crippen LogP contribution in [0.25, 0.3) is 0 Å². The maximum atomic E-state index is 9.71. The number of aromatic hydroxyl groups is 1. The van der Waals surface area contributed by atoms with Gasteiger partial charge in [-0.2, -0.15) is 0 Å². The van der Waals surface area contributed by atoms with Crippen molar-refractivity contribution in [3.8, 4) is 11.5 Å². The van der Waals surface area contributed by atoms with E-state index in [2.05, 4.69) is 18.7 Å². The summed E-state index contributed by atoms with van der Waals surface area (Å²) in [6, 6.07) is 5.57. The van der Waals surface area contributed by atoms with Crippen molar-refractivity contribution in [2.75, 3.05) is 26.7 Å². The van der Waals surface area contributed by atoms with E-state index in [-0.39, 0.29) is 11.3 Å². The van der Waals surface area contributed by atoms with Crippen molar-refractivity contribution < 1.29 is 9.84 Å². The van der Waals surface area contributed by atoms with Crippen LogP contribution in [0.1, 0.15) is 32.3 Å². The Labute approximate surface area is 127 Å². The van der Waals surface area contributed by atoms with Gasteiger partial charge in [0.25, 0.3) is 0 Å². The summed E-state index contributed by atoms with van der Waals surface area (Å²) in [6.07, 6.45) is 3.36. The largest absolute Gasteiger partial charge is 0.504 e. The Balaban J connectivity index is 2.13. The highest BCUT2D eigenvalue weighted by Gasteiger charge is 2.33. The molecule has 0 aromatic heterocycles. The summed E-state index contributed by atoms with van der Waals surface area (Å²) >= 11 is 0. The predicted octanol–water partition coefficient (Wildman–Crippen LogP) is 2.39. The third-order valence-corrected chi connectivity index (χ3v) is 4.82. The van der Waals surface area contributed by atoms with Gasteiger partial charge in [0.1, 0.15) is 0 Å². The Hall–Kier alpha value is -1.26. The summed E-state index contributed by atoms with van der Waals surface area (Å²) in [4.78, 5) is 2.52. The molecule has 1 unspecified atom stereocenters. The second kappa shape index (κ2) is 6.67. The maximum absolute atomic E-state index is 9.71. The van der Waals surface area contributed by atoms with Gasteiger partial charge in [-0.15, -0.1) is 0 Å². The fourth-order valence-electron chi connectivity index (χ4n) is 3.13. The molecule has 4 heteroatoms. The standard InChI is InChI=1S/C17H28N2O2/c1-13-6-8-19(9-7-13)17(2,12-18)11-14-4-5-15(20)16(10-14)21-3/h4-5,10,13,20H,6-9,11-12,18H2,1-3H3. The van der Waals surface area contributed by atoms with Gasteiger partial charge >= 0.3 is 0 Å². The molecule has 1 atom stereocenters. The summed E-state index contributed by atoms with van der Waals surface area (Å²) in [5.41, 5.74) is 7.21. The van der Waals surface area contributed by atoms with Gasteiger partial charge in [0.15, 0.2) is 11.5 Å². The smallest absolute Gasteiger partial charge is 0.160 e. The van der Waals surface area contributed by atoms with Crippen molar-refractivity contribution >= 4 is 0 Å². The second-order valence-corrected chi connectivity index (χ2v) is 6.55. The van der Waals surface area contributed by atoms with Crippen molar-refractivity contribution in [3.05, 3.63) is 23.8 Å². The van der Waals surface area contributed by atoms with Crippen LogP contribution in [0.15, 0.2) is 18.2 Å². The van der Waals surface area contributed by atoms with Crippen molar-refractivity contribution in [2.45, 2.75) is 38.6 Å². The third-order valence-electron chi connectivity index (χ3n) is 4.82. The zero-order chi connectivity index (χ0) is 15.5. The van der Waals surface area contributed by atoms with Gasteiger partial charge in [0.05, 0.1) is 7.11 Å². The van der Waals surface area contributed by atoms with Crippen LogP contribution in [0.5, 0.6) is 11.5 Å². The molecule has 1 fully saturated rings. The second-order valence-electron chi connectivity index (χ2n) is 6.55. The molecule has 21 heavy (non-hydrogen) atoms. The molecule has 4 nitrogen and oxygen atoms in total. The predicted molar refractivity (Wildman–Crippen MR) is 85.8 cm³/mol. The molecule has 1 aromatic rings. The number of methoxy groups -OCH3 is 1. The first-order valence-electron chi connectivity index (χ1n) is 7.79. The first kappa shape index (κ1) is 16.1. The summed E-state index contributed by atoms with van der Waals surface area (Å²) in [5.74, 6) is 1.53. The molecule has 3 N–H and O–H groups in total. The lowest BCUT2D eigenvalue weighted by atomic mass is 9.87. The first-order valence-corrected chi connectivity index (χ1v) is 7.79. The van der Waals surface area contributed by atoms with Gasteiger partial charge in [0.2, 0.25) is 0 Å².